The van der Waals surface area contributed by atoms with Gasteiger partial charge >= 0.3 is 0 Å². The highest BCUT2D eigenvalue weighted by molar-refractivity contribution is 6.30. The van der Waals surface area contributed by atoms with Crippen molar-refractivity contribution in [1.29, 1.82) is 0 Å². The van der Waals surface area contributed by atoms with Crippen LogP contribution >= 0.6 is 11.6 Å². The third kappa shape index (κ3) is 5.28. The fourth-order valence-electron chi connectivity index (χ4n) is 3.87. The number of carbonyl (C=O) groups excluding carboxylic acids is 1. The first kappa shape index (κ1) is 25.1. The third-order valence-electron chi connectivity index (χ3n) is 5.81. The number of hydrogen-bond donors (Lipinski definition) is 0. The van der Waals surface area contributed by atoms with Gasteiger partial charge in [-0.1, -0.05) is 23.7 Å². The molecule has 0 aliphatic heterocycles. The number of nitrogens with zero attached hydrogens (tertiary/aromatic N) is 3. The number of ketones is 1. The van der Waals surface area contributed by atoms with Gasteiger partial charge in [-0.3, -0.25) is 4.79 Å². The average molecular weight is 508 g/mol. The highest BCUT2D eigenvalue weighted by Crippen LogP contribution is 2.39. The van der Waals surface area contributed by atoms with Crippen molar-refractivity contribution in [3.63, 3.8) is 0 Å². The van der Waals surface area contributed by atoms with Crippen LogP contribution in [0.15, 0.2) is 66.9 Å². The van der Waals surface area contributed by atoms with Gasteiger partial charge in [-0.05, 0) is 48.0 Å². The van der Waals surface area contributed by atoms with Gasteiger partial charge in [0.25, 0.3) is 0 Å². The molecule has 0 radical (unpaired) electrons. The molecule has 1 heterocycles. The van der Waals surface area contributed by atoms with Crippen LogP contribution < -0.4 is 18.9 Å². The predicted octanol–water partition coefficient (Wildman–Crippen LogP) is 5.50. The van der Waals surface area contributed by atoms with E-state index in [0.717, 1.165) is 5.56 Å². The summed E-state index contributed by atoms with van der Waals surface area (Å²) in [6.45, 7) is 0. The first-order chi connectivity index (χ1) is 17.5. The minimum absolute atomic E-state index is 0.0554. The maximum atomic E-state index is 13.2. The number of ether oxygens (including phenoxy) is 4. The minimum atomic E-state index is -0.461. The number of Topliss-reactive ketones (excluding diaryl/α,β-unsaturated/α-hetero) is 1. The second kappa shape index (κ2) is 11.1. The molecule has 0 bridgehead atoms. The van der Waals surface area contributed by atoms with Crippen molar-refractivity contribution in [2.75, 3.05) is 28.4 Å². The van der Waals surface area contributed by atoms with Gasteiger partial charge in [-0.15, -0.1) is 0 Å². The molecule has 1 atom stereocenters. The Hall–Kier alpha value is -4.04. The van der Waals surface area contributed by atoms with E-state index in [2.05, 4.69) is 5.10 Å². The van der Waals surface area contributed by atoms with E-state index >= 15 is 0 Å². The molecule has 9 heteroatoms. The summed E-state index contributed by atoms with van der Waals surface area (Å²) in [6, 6.07) is 17.4. The lowest BCUT2D eigenvalue weighted by Gasteiger charge is -2.17. The Kier molecular flexibility index (Phi) is 7.75. The monoisotopic (exact) mass is 507 g/mol. The molecule has 8 nitrogen and oxygen atoms in total. The molecule has 186 valence electrons. The Morgan fingerprint density at radius 3 is 2.11 bits per heavy atom. The second-order valence-corrected chi connectivity index (χ2v) is 8.32. The summed E-state index contributed by atoms with van der Waals surface area (Å²) in [4.78, 5) is 14.8. The molecule has 36 heavy (non-hydrogen) atoms. The van der Waals surface area contributed by atoms with E-state index in [4.69, 9.17) is 35.6 Å². The van der Waals surface area contributed by atoms with E-state index in [1.807, 2.05) is 12.1 Å². The smallest absolute Gasteiger partial charge is 0.165 e. The highest BCUT2D eigenvalue weighted by Gasteiger charge is 2.23. The van der Waals surface area contributed by atoms with Crippen molar-refractivity contribution >= 4 is 17.4 Å². The molecule has 1 aromatic heterocycles. The Balaban J connectivity index is 1.71. The Bertz CT molecular complexity index is 1340. The number of benzene rings is 3. The number of carbonyl (C=O) groups is 1. The average Bonchev–Trinajstić information content (AvgIpc) is 3.41. The standard InChI is InChI=1S/C27H26ClN3O5/c1-33-20-11-7-18(8-12-20)24(32)14-23(17-5-9-19(28)10-6-17)31-29-16-22(30-31)21-13-26(35-3)27(36-4)15-25(21)34-2/h5-13,15-16,23H,14H2,1-4H3. The zero-order valence-electron chi connectivity index (χ0n) is 20.4. The molecule has 0 amide bonds. The molecule has 0 aliphatic rings. The van der Waals surface area contributed by atoms with Gasteiger partial charge in [0, 0.05) is 28.6 Å². The molecule has 4 rings (SSSR count). The first-order valence-corrected chi connectivity index (χ1v) is 11.5. The molecule has 0 aliphatic carbocycles. The lowest BCUT2D eigenvalue weighted by atomic mass is 9.98. The van der Waals surface area contributed by atoms with E-state index in [1.165, 1.54) is 4.80 Å². The molecule has 0 N–H and O–H groups in total. The number of rotatable bonds is 10. The maximum absolute atomic E-state index is 13.2. The van der Waals surface area contributed by atoms with E-state index < -0.39 is 6.04 Å². The van der Waals surface area contributed by atoms with E-state index in [-0.39, 0.29) is 12.2 Å². The van der Waals surface area contributed by atoms with Gasteiger partial charge in [0.15, 0.2) is 17.3 Å². The summed E-state index contributed by atoms with van der Waals surface area (Å²) in [7, 11) is 6.27. The summed E-state index contributed by atoms with van der Waals surface area (Å²) < 4.78 is 21.6. The van der Waals surface area contributed by atoms with Crippen LogP contribution in [0.25, 0.3) is 11.3 Å². The van der Waals surface area contributed by atoms with Crippen molar-refractivity contribution in [1.82, 2.24) is 15.0 Å². The highest BCUT2D eigenvalue weighted by atomic mass is 35.5. The van der Waals surface area contributed by atoms with Crippen molar-refractivity contribution < 1.29 is 23.7 Å². The summed E-state index contributed by atoms with van der Waals surface area (Å²) >= 11 is 6.11. The molecule has 0 spiro atoms. The molecular weight excluding hydrogens is 482 g/mol. The van der Waals surface area contributed by atoms with Crippen molar-refractivity contribution in [3.05, 3.63) is 83.0 Å². The summed E-state index contributed by atoms with van der Waals surface area (Å²) in [5.41, 5.74) is 2.66. The van der Waals surface area contributed by atoms with Crippen LogP contribution in [0, 0.1) is 0 Å². The zero-order chi connectivity index (χ0) is 25.7. The molecule has 1 unspecified atom stereocenters. The molecule has 0 fully saturated rings. The van der Waals surface area contributed by atoms with Gasteiger partial charge in [0.05, 0.1) is 34.6 Å². The Labute approximate surface area is 214 Å². The van der Waals surface area contributed by atoms with Crippen LogP contribution in [0.4, 0.5) is 0 Å². The summed E-state index contributed by atoms with van der Waals surface area (Å²) in [5, 5.41) is 9.83. The van der Waals surface area contributed by atoms with Crippen LogP contribution in [0.2, 0.25) is 5.02 Å². The van der Waals surface area contributed by atoms with E-state index in [9.17, 15) is 4.79 Å². The van der Waals surface area contributed by atoms with Gasteiger partial charge in [0.1, 0.15) is 23.2 Å². The molecular formula is C27H26ClN3O5. The fraction of sp³-hybridized carbons (Fsp3) is 0.222. The molecule has 0 saturated carbocycles. The lowest BCUT2D eigenvalue weighted by Crippen LogP contribution is -2.18. The first-order valence-electron chi connectivity index (χ1n) is 11.1. The number of methoxy groups -OCH3 is 4. The van der Waals surface area contributed by atoms with Gasteiger partial charge < -0.3 is 18.9 Å². The van der Waals surface area contributed by atoms with Crippen LogP contribution in [0.5, 0.6) is 23.0 Å². The quantitative estimate of drug-likeness (QED) is 0.262. The van der Waals surface area contributed by atoms with Crippen LogP contribution in [0.3, 0.4) is 0 Å². The topological polar surface area (TPSA) is 84.7 Å². The maximum Gasteiger partial charge on any atom is 0.165 e. The van der Waals surface area contributed by atoms with Crippen LogP contribution in [0.1, 0.15) is 28.4 Å². The number of halogens is 1. The van der Waals surface area contributed by atoms with Crippen molar-refractivity contribution in [2.24, 2.45) is 0 Å². The summed E-state index contributed by atoms with van der Waals surface area (Å²) in [5.74, 6) is 2.25. The predicted molar refractivity (Wildman–Crippen MR) is 137 cm³/mol. The third-order valence-corrected chi connectivity index (χ3v) is 6.07. The van der Waals surface area contributed by atoms with Gasteiger partial charge in [0.2, 0.25) is 0 Å². The zero-order valence-corrected chi connectivity index (χ0v) is 21.2. The molecule has 3 aromatic carbocycles. The minimum Gasteiger partial charge on any atom is -0.497 e. The Morgan fingerprint density at radius 1 is 0.861 bits per heavy atom. The number of aromatic nitrogens is 3. The van der Waals surface area contributed by atoms with E-state index in [0.29, 0.717) is 44.8 Å². The molecule has 0 saturated heterocycles. The fourth-order valence-corrected chi connectivity index (χ4v) is 3.99. The van der Waals surface area contributed by atoms with Gasteiger partial charge in [-0.25, -0.2) is 0 Å². The van der Waals surface area contributed by atoms with Crippen LogP contribution in [-0.4, -0.2) is 49.2 Å². The summed E-state index contributed by atoms with van der Waals surface area (Å²) in [6.07, 6.45) is 1.77. The largest absolute Gasteiger partial charge is 0.497 e. The second-order valence-electron chi connectivity index (χ2n) is 7.88. The normalized spacial score (nSPS) is 11.6. The Morgan fingerprint density at radius 2 is 1.50 bits per heavy atom. The van der Waals surface area contributed by atoms with E-state index in [1.54, 1.807) is 83.2 Å². The molecule has 4 aromatic rings. The van der Waals surface area contributed by atoms with Crippen LogP contribution in [-0.2, 0) is 0 Å². The van der Waals surface area contributed by atoms with Gasteiger partial charge in [-0.2, -0.15) is 15.0 Å². The van der Waals surface area contributed by atoms with Crippen molar-refractivity contribution in [2.45, 2.75) is 12.5 Å². The SMILES string of the molecule is COc1ccc(C(=O)CC(c2ccc(Cl)cc2)n2ncc(-c3cc(OC)c(OC)cc3OC)n2)cc1. The number of hydrogen-bond acceptors (Lipinski definition) is 7. The lowest BCUT2D eigenvalue weighted by molar-refractivity contribution is 0.0964. The van der Waals surface area contributed by atoms with Crippen molar-refractivity contribution in [3.8, 4) is 34.3 Å².